The first-order valence-corrected chi connectivity index (χ1v) is 6.14. The number of hydrogen-bond donors (Lipinski definition) is 0. The fourth-order valence-corrected chi connectivity index (χ4v) is 1.61. The van der Waals surface area contributed by atoms with Crippen LogP contribution in [0, 0.1) is 0 Å². The van der Waals surface area contributed by atoms with E-state index in [9.17, 15) is 4.79 Å². The SMILES string of the molecule is CC.CC(=O)/C=C/C(C)N1CCO[C@H](C)C1. The second kappa shape index (κ2) is 8.48. The molecule has 3 nitrogen and oxygen atoms in total. The van der Waals surface area contributed by atoms with Crippen molar-refractivity contribution < 1.29 is 9.53 Å². The van der Waals surface area contributed by atoms with Crippen LogP contribution in [0.1, 0.15) is 34.6 Å². The molecule has 1 rings (SSSR count). The Bertz CT molecular complexity index is 226. The molecular weight excluding hydrogens is 202 g/mol. The zero-order valence-corrected chi connectivity index (χ0v) is 11.2. The summed E-state index contributed by atoms with van der Waals surface area (Å²) in [5.74, 6) is 0.109. The molecule has 1 unspecified atom stereocenters. The predicted molar refractivity (Wildman–Crippen MR) is 67.6 cm³/mol. The molecule has 2 atom stereocenters. The minimum Gasteiger partial charge on any atom is -0.376 e. The van der Waals surface area contributed by atoms with Crippen LogP contribution in [0.15, 0.2) is 12.2 Å². The van der Waals surface area contributed by atoms with Crippen molar-refractivity contribution >= 4 is 5.78 Å². The molecule has 1 aliphatic heterocycles. The lowest BCUT2D eigenvalue weighted by Gasteiger charge is -2.34. The summed E-state index contributed by atoms with van der Waals surface area (Å²) in [4.78, 5) is 13.1. The zero-order valence-electron chi connectivity index (χ0n) is 11.2. The molecule has 1 fully saturated rings. The van der Waals surface area contributed by atoms with Crippen molar-refractivity contribution in [2.24, 2.45) is 0 Å². The molecule has 1 saturated heterocycles. The van der Waals surface area contributed by atoms with Gasteiger partial charge in [0.15, 0.2) is 5.78 Å². The number of rotatable bonds is 3. The average Bonchev–Trinajstić information content (AvgIpc) is 2.28. The molecule has 0 bridgehead atoms. The van der Waals surface area contributed by atoms with Crippen LogP contribution < -0.4 is 0 Å². The first-order chi connectivity index (χ1) is 7.59. The molecule has 0 aliphatic carbocycles. The second-order valence-corrected chi connectivity index (χ2v) is 3.89. The number of carbonyl (C=O) groups is 1. The first-order valence-electron chi connectivity index (χ1n) is 6.14. The van der Waals surface area contributed by atoms with Crippen LogP contribution >= 0.6 is 0 Å². The van der Waals surface area contributed by atoms with Crippen LogP contribution in [-0.4, -0.2) is 42.5 Å². The molecule has 0 aromatic carbocycles. The molecule has 0 N–H and O–H groups in total. The quantitative estimate of drug-likeness (QED) is 0.693. The van der Waals surface area contributed by atoms with Gasteiger partial charge in [0.25, 0.3) is 0 Å². The number of ether oxygens (including phenoxy) is 1. The minimum absolute atomic E-state index is 0.109. The van der Waals surface area contributed by atoms with Gasteiger partial charge in [0.2, 0.25) is 0 Å². The highest BCUT2D eigenvalue weighted by Crippen LogP contribution is 2.09. The number of allylic oxidation sites excluding steroid dienone is 1. The van der Waals surface area contributed by atoms with Gasteiger partial charge >= 0.3 is 0 Å². The maximum atomic E-state index is 10.8. The van der Waals surface area contributed by atoms with E-state index in [0.717, 1.165) is 19.7 Å². The van der Waals surface area contributed by atoms with Crippen molar-refractivity contribution in [3.8, 4) is 0 Å². The van der Waals surface area contributed by atoms with Crippen LogP contribution in [0.4, 0.5) is 0 Å². The maximum Gasteiger partial charge on any atom is 0.152 e. The molecule has 1 aliphatic rings. The van der Waals surface area contributed by atoms with E-state index in [1.807, 2.05) is 19.9 Å². The third kappa shape index (κ3) is 6.03. The Morgan fingerprint density at radius 1 is 1.50 bits per heavy atom. The molecule has 0 aromatic rings. The van der Waals surface area contributed by atoms with Crippen molar-refractivity contribution in [3.05, 3.63) is 12.2 Å². The Morgan fingerprint density at radius 2 is 2.12 bits per heavy atom. The molecule has 0 saturated carbocycles. The van der Waals surface area contributed by atoms with Gasteiger partial charge in [-0.15, -0.1) is 0 Å². The lowest BCUT2D eigenvalue weighted by Crippen LogP contribution is -2.45. The van der Waals surface area contributed by atoms with Gasteiger partial charge in [-0.2, -0.15) is 0 Å². The van der Waals surface area contributed by atoms with Gasteiger partial charge in [0.1, 0.15) is 0 Å². The van der Waals surface area contributed by atoms with E-state index in [0.29, 0.717) is 12.1 Å². The molecule has 0 amide bonds. The number of morpholine rings is 1. The monoisotopic (exact) mass is 227 g/mol. The van der Waals surface area contributed by atoms with Crippen LogP contribution in [0.3, 0.4) is 0 Å². The van der Waals surface area contributed by atoms with E-state index in [4.69, 9.17) is 4.74 Å². The lowest BCUT2D eigenvalue weighted by atomic mass is 10.2. The minimum atomic E-state index is 0.109. The third-order valence-corrected chi connectivity index (χ3v) is 2.46. The Labute approximate surface area is 99.5 Å². The van der Waals surface area contributed by atoms with Crippen molar-refractivity contribution in [2.75, 3.05) is 19.7 Å². The van der Waals surface area contributed by atoms with E-state index in [1.165, 1.54) is 0 Å². The second-order valence-electron chi connectivity index (χ2n) is 3.89. The largest absolute Gasteiger partial charge is 0.376 e. The van der Waals surface area contributed by atoms with Gasteiger partial charge in [-0.3, -0.25) is 9.69 Å². The van der Waals surface area contributed by atoms with Gasteiger partial charge in [-0.1, -0.05) is 19.9 Å². The molecule has 3 heteroatoms. The van der Waals surface area contributed by atoms with Crippen molar-refractivity contribution in [1.29, 1.82) is 0 Å². The number of hydrogen-bond acceptors (Lipinski definition) is 3. The van der Waals surface area contributed by atoms with Crippen molar-refractivity contribution in [3.63, 3.8) is 0 Å². The van der Waals surface area contributed by atoms with Gasteiger partial charge in [-0.25, -0.2) is 0 Å². The summed E-state index contributed by atoms with van der Waals surface area (Å²) in [5.41, 5.74) is 0. The van der Waals surface area contributed by atoms with E-state index < -0.39 is 0 Å². The summed E-state index contributed by atoms with van der Waals surface area (Å²) in [6, 6.07) is 0.324. The van der Waals surface area contributed by atoms with E-state index >= 15 is 0 Å². The molecule has 1 heterocycles. The molecular formula is C13H25NO2. The smallest absolute Gasteiger partial charge is 0.152 e. The van der Waals surface area contributed by atoms with Gasteiger partial charge in [0, 0.05) is 19.1 Å². The van der Waals surface area contributed by atoms with Crippen LogP contribution in [0.25, 0.3) is 0 Å². The summed E-state index contributed by atoms with van der Waals surface area (Å²) >= 11 is 0. The summed E-state index contributed by atoms with van der Waals surface area (Å²) in [7, 11) is 0. The van der Waals surface area contributed by atoms with E-state index in [2.05, 4.69) is 18.7 Å². The highest BCUT2D eigenvalue weighted by molar-refractivity contribution is 5.87. The fraction of sp³-hybridized carbons (Fsp3) is 0.769. The maximum absolute atomic E-state index is 10.8. The topological polar surface area (TPSA) is 29.5 Å². The van der Waals surface area contributed by atoms with Gasteiger partial charge < -0.3 is 4.74 Å². The Kier molecular flexibility index (Phi) is 8.12. The summed E-state index contributed by atoms with van der Waals surface area (Å²) in [6.45, 7) is 12.5. The average molecular weight is 227 g/mol. The normalized spacial score (nSPS) is 23.7. The Hall–Kier alpha value is -0.670. The van der Waals surface area contributed by atoms with Gasteiger partial charge in [-0.05, 0) is 26.8 Å². The predicted octanol–water partition coefficient (Wildman–Crippen LogP) is 2.27. The lowest BCUT2D eigenvalue weighted by molar-refractivity contribution is -0.112. The van der Waals surface area contributed by atoms with Crippen molar-refractivity contribution in [2.45, 2.75) is 46.8 Å². The molecule has 0 aromatic heterocycles. The standard InChI is InChI=1S/C11H19NO2.C2H6/c1-9(4-5-10(2)13)12-6-7-14-11(3)8-12;1-2/h4-5,9,11H,6-8H2,1-3H3;1-2H3/b5-4+;/t9?,11-;/m1./s1. The van der Waals surface area contributed by atoms with Crippen LogP contribution in [0.2, 0.25) is 0 Å². The summed E-state index contributed by atoms with van der Waals surface area (Å²) in [5, 5.41) is 0. The number of nitrogens with zero attached hydrogens (tertiary/aromatic N) is 1. The van der Waals surface area contributed by atoms with Gasteiger partial charge in [0.05, 0.1) is 12.7 Å². The Balaban J connectivity index is 0.00000106. The third-order valence-electron chi connectivity index (χ3n) is 2.46. The first kappa shape index (κ1) is 15.3. The van der Waals surface area contributed by atoms with Crippen molar-refractivity contribution in [1.82, 2.24) is 4.90 Å². The molecule has 94 valence electrons. The molecule has 0 spiro atoms. The molecule has 0 radical (unpaired) electrons. The fourth-order valence-electron chi connectivity index (χ4n) is 1.61. The van der Waals surface area contributed by atoms with Crippen LogP contribution in [0.5, 0.6) is 0 Å². The zero-order chi connectivity index (χ0) is 12.6. The highest BCUT2D eigenvalue weighted by Gasteiger charge is 2.19. The number of ketones is 1. The molecule has 16 heavy (non-hydrogen) atoms. The Morgan fingerprint density at radius 3 is 2.62 bits per heavy atom. The van der Waals surface area contributed by atoms with E-state index in [1.54, 1.807) is 13.0 Å². The van der Waals surface area contributed by atoms with E-state index in [-0.39, 0.29) is 5.78 Å². The summed E-state index contributed by atoms with van der Waals surface area (Å²) < 4.78 is 5.45. The highest BCUT2D eigenvalue weighted by atomic mass is 16.5. The number of carbonyl (C=O) groups excluding carboxylic acids is 1. The summed E-state index contributed by atoms with van der Waals surface area (Å²) in [6.07, 6.45) is 3.91. The van der Waals surface area contributed by atoms with Crippen LogP contribution in [-0.2, 0) is 9.53 Å².